The minimum atomic E-state index is -3.46. The van der Waals surface area contributed by atoms with Crippen LogP contribution in [0.25, 0.3) is 0 Å². The van der Waals surface area contributed by atoms with Crippen LogP contribution in [0.2, 0.25) is 0 Å². The molecule has 0 aliphatic heterocycles. The van der Waals surface area contributed by atoms with Crippen LogP contribution >= 0.6 is 7.60 Å². The van der Waals surface area contributed by atoms with Crippen LogP contribution in [0.3, 0.4) is 0 Å². The van der Waals surface area contributed by atoms with Crippen molar-refractivity contribution in [1.82, 2.24) is 0 Å². The summed E-state index contributed by atoms with van der Waals surface area (Å²) >= 11 is 0. The van der Waals surface area contributed by atoms with Crippen molar-refractivity contribution in [3.05, 3.63) is 0 Å². The average Bonchev–Trinajstić information content (AvgIpc) is 2.22. The highest BCUT2D eigenvalue weighted by Crippen LogP contribution is 2.40. The van der Waals surface area contributed by atoms with Crippen molar-refractivity contribution in [2.75, 3.05) is 6.16 Å². The van der Waals surface area contributed by atoms with E-state index < -0.39 is 7.60 Å². The van der Waals surface area contributed by atoms with Gasteiger partial charge >= 0.3 is 7.60 Å². The molecular formula is C10H24NO3P. The molecule has 15 heavy (non-hydrogen) atoms. The summed E-state index contributed by atoms with van der Waals surface area (Å²) in [6.45, 7) is 2.20. The lowest BCUT2D eigenvalue weighted by atomic mass is 10.1. The van der Waals surface area contributed by atoms with Gasteiger partial charge in [-0.25, -0.2) is 10.5 Å². The maximum absolute atomic E-state index is 11.0. The van der Waals surface area contributed by atoms with Gasteiger partial charge in [0.1, 0.15) is 0 Å². The van der Waals surface area contributed by atoms with E-state index in [9.17, 15) is 4.57 Å². The largest absolute Gasteiger partial charge is 0.344 e. The van der Waals surface area contributed by atoms with Crippen LogP contribution in [0.1, 0.15) is 58.3 Å². The van der Waals surface area contributed by atoms with E-state index in [0.29, 0.717) is 0 Å². The fourth-order valence-electron chi connectivity index (χ4n) is 1.50. The maximum atomic E-state index is 11.0. The molecule has 0 bridgehead atoms. The van der Waals surface area contributed by atoms with Gasteiger partial charge in [0.2, 0.25) is 0 Å². The Morgan fingerprint density at radius 1 is 1.07 bits per heavy atom. The smallest absolute Gasteiger partial charge is 0.323 e. The summed E-state index contributed by atoms with van der Waals surface area (Å²) < 4.78 is 15.0. The summed E-state index contributed by atoms with van der Waals surface area (Å²) in [6, 6.07) is 0. The number of hydrogen-bond acceptors (Lipinski definition) is 3. The molecule has 0 saturated carbocycles. The van der Waals surface area contributed by atoms with E-state index in [2.05, 4.69) is 17.4 Å². The Hall–Kier alpha value is 0.110. The van der Waals surface area contributed by atoms with Gasteiger partial charge in [0.25, 0.3) is 0 Å². The zero-order valence-electron chi connectivity index (χ0n) is 9.65. The van der Waals surface area contributed by atoms with Gasteiger partial charge in [-0.2, -0.15) is 0 Å². The number of nitrogens with two attached hydrogens (primary N) is 1. The molecule has 1 atom stereocenters. The Morgan fingerprint density at radius 2 is 1.53 bits per heavy atom. The molecule has 0 aromatic carbocycles. The van der Waals surface area contributed by atoms with Crippen molar-refractivity contribution in [2.24, 2.45) is 5.90 Å². The maximum Gasteiger partial charge on any atom is 0.344 e. The summed E-state index contributed by atoms with van der Waals surface area (Å²) in [5.41, 5.74) is 0. The van der Waals surface area contributed by atoms with Gasteiger partial charge in [0, 0.05) is 0 Å². The molecule has 0 amide bonds. The van der Waals surface area contributed by atoms with Crippen molar-refractivity contribution in [3.8, 4) is 0 Å². The summed E-state index contributed by atoms with van der Waals surface area (Å²) in [6.07, 6.45) is 9.40. The second-order valence-electron chi connectivity index (χ2n) is 3.94. The van der Waals surface area contributed by atoms with E-state index in [1.54, 1.807) is 0 Å². The zero-order chi connectivity index (χ0) is 11.6. The molecule has 0 spiro atoms. The van der Waals surface area contributed by atoms with Gasteiger partial charge in [-0.3, -0.25) is 4.57 Å². The monoisotopic (exact) mass is 237 g/mol. The lowest BCUT2D eigenvalue weighted by Gasteiger charge is -2.07. The van der Waals surface area contributed by atoms with Crippen LogP contribution < -0.4 is 5.90 Å². The molecule has 1 unspecified atom stereocenters. The first kappa shape index (κ1) is 15.1. The highest BCUT2D eigenvalue weighted by atomic mass is 31.2. The quantitative estimate of drug-likeness (QED) is 0.347. The first-order chi connectivity index (χ1) is 7.12. The molecule has 0 saturated heterocycles. The van der Waals surface area contributed by atoms with E-state index in [4.69, 9.17) is 4.89 Å². The second-order valence-corrected chi connectivity index (χ2v) is 5.87. The molecule has 0 radical (unpaired) electrons. The van der Waals surface area contributed by atoms with Crippen molar-refractivity contribution >= 4 is 7.60 Å². The molecular weight excluding hydrogens is 213 g/mol. The van der Waals surface area contributed by atoms with Crippen LogP contribution in [-0.4, -0.2) is 11.1 Å². The Morgan fingerprint density at radius 3 is 2.00 bits per heavy atom. The van der Waals surface area contributed by atoms with Crippen LogP contribution in [0, 0.1) is 0 Å². The van der Waals surface area contributed by atoms with E-state index in [1.165, 1.54) is 32.1 Å². The Balaban J connectivity index is 3.15. The third kappa shape index (κ3) is 10.4. The molecule has 92 valence electrons. The van der Waals surface area contributed by atoms with Crippen molar-refractivity contribution < 1.29 is 14.1 Å². The van der Waals surface area contributed by atoms with Crippen molar-refractivity contribution in [2.45, 2.75) is 58.3 Å². The fourth-order valence-corrected chi connectivity index (χ4v) is 2.23. The Bertz CT molecular complexity index is 188. The van der Waals surface area contributed by atoms with Crippen molar-refractivity contribution in [1.29, 1.82) is 0 Å². The predicted molar refractivity (Wildman–Crippen MR) is 62.6 cm³/mol. The van der Waals surface area contributed by atoms with Gasteiger partial charge in [-0.1, -0.05) is 51.9 Å². The van der Waals surface area contributed by atoms with Gasteiger partial charge in [0.05, 0.1) is 6.16 Å². The summed E-state index contributed by atoms with van der Waals surface area (Å²) in [5, 5.41) is 0. The summed E-state index contributed by atoms with van der Waals surface area (Å²) in [7, 11) is -3.46. The van der Waals surface area contributed by atoms with Crippen LogP contribution in [0.4, 0.5) is 0 Å². The zero-order valence-corrected chi connectivity index (χ0v) is 10.5. The third-order valence-electron chi connectivity index (χ3n) is 2.46. The first-order valence-electron chi connectivity index (χ1n) is 5.82. The van der Waals surface area contributed by atoms with Gasteiger partial charge in [0.15, 0.2) is 0 Å². The molecule has 0 aliphatic rings. The van der Waals surface area contributed by atoms with E-state index in [1.807, 2.05) is 0 Å². The predicted octanol–water partition coefficient (Wildman–Crippen LogP) is 3.20. The fraction of sp³-hybridized carbons (Fsp3) is 1.00. The van der Waals surface area contributed by atoms with Crippen LogP contribution in [0.5, 0.6) is 0 Å². The molecule has 0 rings (SSSR count). The molecule has 3 N–H and O–H groups in total. The number of rotatable bonds is 10. The topological polar surface area (TPSA) is 72.5 Å². The Kier molecular flexibility index (Phi) is 9.41. The van der Waals surface area contributed by atoms with Crippen molar-refractivity contribution in [3.63, 3.8) is 0 Å². The average molecular weight is 237 g/mol. The van der Waals surface area contributed by atoms with Gasteiger partial charge in [-0.15, -0.1) is 0 Å². The molecule has 0 aromatic heterocycles. The molecule has 0 fully saturated rings. The standard InChI is InChI=1S/C10H24NO3P/c1-2-3-4-5-6-7-8-9-10-15(12,13)14-11/h2-11H2,1H3,(H,12,13). The third-order valence-corrected chi connectivity index (χ3v) is 3.67. The highest BCUT2D eigenvalue weighted by molar-refractivity contribution is 7.52. The lowest BCUT2D eigenvalue weighted by molar-refractivity contribution is 0.267. The van der Waals surface area contributed by atoms with E-state index in [0.717, 1.165) is 19.3 Å². The molecule has 5 heteroatoms. The van der Waals surface area contributed by atoms with Crippen LogP contribution in [-0.2, 0) is 9.19 Å². The van der Waals surface area contributed by atoms with Crippen LogP contribution in [0.15, 0.2) is 0 Å². The Labute approximate surface area is 92.7 Å². The highest BCUT2D eigenvalue weighted by Gasteiger charge is 2.16. The van der Waals surface area contributed by atoms with E-state index >= 15 is 0 Å². The van der Waals surface area contributed by atoms with E-state index in [-0.39, 0.29) is 6.16 Å². The minimum absolute atomic E-state index is 0.179. The summed E-state index contributed by atoms with van der Waals surface area (Å²) in [5.74, 6) is 4.69. The first-order valence-corrected chi connectivity index (χ1v) is 7.59. The summed E-state index contributed by atoms with van der Waals surface area (Å²) in [4.78, 5) is 9.00. The lowest BCUT2D eigenvalue weighted by Crippen LogP contribution is -2.00. The second kappa shape index (κ2) is 9.34. The van der Waals surface area contributed by atoms with Gasteiger partial charge in [-0.05, 0) is 6.42 Å². The number of hydrogen-bond donors (Lipinski definition) is 2. The SMILES string of the molecule is CCCCCCCCCCP(=O)(O)ON. The molecule has 4 nitrogen and oxygen atoms in total. The normalized spacial score (nSPS) is 15.1. The number of unbranched alkanes of at least 4 members (excludes halogenated alkanes) is 7. The minimum Gasteiger partial charge on any atom is -0.323 e. The molecule has 0 aliphatic carbocycles. The van der Waals surface area contributed by atoms with Gasteiger partial charge < -0.3 is 4.89 Å². The molecule has 0 aromatic rings. The molecule has 0 heterocycles.